The quantitative estimate of drug-likeness (QED) is 0.847. The molecule has 0 aromatic heterocycles. The third-order valence-electron chi connectivity index (χ3n) is 5.42. The minimum atomic E-state index is -0.586. The van der Waals surface area contributed by atoms with Crippen molar-refractivity contribution in [1.29, 1.82) is 0 Å². The number of aliphatic carboxylic acids is 1. The van der Waals surface area contributed by atoms with Crippen LogP contribution in [0.4, 0.5) is 0 Å². The lowest BCUT2D eigenvalue weighted by Crippen LogP contribution is -2.57. The van der Waals surface area contributed by atoms with Crippen molar-refractivity contribution in [2.45, 2.75) is 77.3 Å². The molecule has 2 rings (SSSR count). The molecule has 1 saturated carbocycles. The third-order valence-corrected chi connectivity index (χ3v) is 5.42. The molecule has 4 atom stereocenters. The second kappa shape index (κ2) is 5.82. The van der Waals surface area contributed by atoms with E-state index in [1.54, 1.807) is 0 Å². The SMILES string of the molecule is CCCC1(C(=O)O)CCCN1C1CC(C)CCC1C. The Bertz CT molecular complexity index is 331. The van der Waals surface area contributed by atoms with Crippen LogP contribution >= 0.6 is 0 Å². The van der Waals surface area contributed by atoms with E-state index in [0.29, 0.717) is 12.0 Å². The maximum Gasteiger partial charge on any atom is 0.324 e. The van der Waals surface area contributed by atoms with Crippen molar-refractivity contribution >= 4 is 5.97 Å². The number of hydrogen-bond donors (Lipinski definition) is 1. The number of rotatable bonds is 4. The molecule has 0 bridgehead atoms. The lowest BCUT2D eigenvalue weighted by molar-refractivity contribution is -0.153. The molecule has 0 aromatic carbocycles. The minimum absolute atomic E-state index is 0.480. The van der Waals surface area contributed by atoms with Crippen molar-refractivity contribution in [3.63, 3.8) is 0 Å². The molecule has 1 aliphatic heterocycles. The van der Waals surface area contributed by atoms with E-state index in [9.17, 15) is 9.90 Å². The Hall–Kier alpha value is -0.570. The average Bonchev–Trinajstić information content (AvgIpc) is 2.78. The summed E-state index contributed by atoms with van der Waals surface area (Å²) < 4.78 is 0. The van der Waals surface area contributed by atoms with E-state index in [4.69, 9.17) is 0 Å². The van der Waals surface area contributed by atoms with Crippen molar-refractivity contribution in [1.82, 2.24) is 4.90 Å². The highest BCUT2D eigenvalue weighted by atomic mass is 16.4. The Balaban J connectivity index is 2.22. The van der Waals surface area contributed by atoms with E-state index in [1.165, 1.54) is 19.3 Å². The Kier molecular flexibility index (Phi) is 4.54. The number of nitrogens with zero attached hydrogens (tertiary/aromatic N) is 1. The van der Waals surface area contributed by atoms with Gasteiger partial charge in [0.05, 0.1) is 0 Å². The zero-order valence-corrected chi connectivity index (χ0v) is 12.7. The number of carboxylic acids is 1. The lowest BCUT2D eigenvalue weighted by atomic mass is 9.77. The first-order valence-corrected chi connectivity index (χ1v) is 8.01. The Morgan fingerprint density at radius 2 is 2.11 bits per heavy atom. The molecule has 19 heavy (non-hydrogen) atoms. The maximum atomic E-state index is 11.9. The minimum Gasteiger partial charge on any atom is -0.480 e. The molecule has 0 aromatic rings. The van der Waals surface area contributed by atoms with Crippen molar-refractivity contribution in [3.8, 4) is 0 Å². The Morgan fingerprint density at radius 1 is 1.37 bits per heavy atom. The van der Waals surface area contributed by atoms with E-state index >= 15 is 0 Å². The highest BCUT2D eigenvalue weighted by Gasteiger charge is 2.50. The van der Waals surface area contributed by atoms with Crippen LogP contribution in [0.1, 0.15) is 65.7 Å². The van der Waals surface area contributed by atoms with Crippen LogP contribution in [-0.4, -0.2) is 34.1 Å². The van der Waals surface area contributed by atoms with Gasteiger partial charge in [-0.1, -0.05) is 33.6 Å². The van der Waals surface area contributed by atoms with Gasteiger partial charge < -0.3 is 5.11 Å². The third kappa shape index (κ3) is 2.67. The molecule has 1 N–H and O–H groups in total. The number of carboxylic acid groups (broad SMARTS) is 1. The molecule has 2 fully saturated rings. The molecular weight excluding hydrogens is 238 g/mol. The molecule has 3 nitrogen and oxygen atoms in total. The second-order valence-corrected chi connectivity index (χ2v) is 6.85. The summed E-state index contributed by atoms with van der Waals surface area (Å²) in [6.45, 7) is 7.72. The van der Waals surface area contributed by atoms with Gasteiger partial charge >= 0.3 is 5.97 Å². The van der Waals surface area contributed by atoms with Crippen LogP contribution < -0.4 is 0 Å². The molecule has 1 aliphatic carbocycles. The largest absolute Gasteiger partial charge is 0.480 e. The molecule has 110 valence electrons. The number of hydrogen-bond acceptors (Lipinski definition) is 2. The first kappa shape index (κ1) is 14.8. The molecule has 2 aliphatic rings. The van der Waals surface area contributed by atoms with Crippen LogP contribution in [0, 0.1) is 11.8 Å². The number of carbonyl (C=O) groups is 1. The van der Waals surface area contributed by atoms with E-state index in [1.807, 2.05) is 0 Å². The molecule has 1 saturated heterocycles. The highest BCUT2D eigenvalue weighted by Crippen LogP contribution is 2.42. The van der Waals surface area contributed by atoms with Gasteiger partial charge in [-0.2, -0.15) is 0 Å². The van der Waals surface area contributed by atoms with Crippen LogP contribution in [0.2, 0.25) is 0 Å². The van der Waals surface area contributed by atoms with Crippen LogP contribution in [-0.2, 0) is 4.79 Å². The summed E-state index contributed by atoms with van der Waals surface area (Å²) in [7, 11) is 0. The van der Waals surface area contributed by atoms with Gasteiger partial charge in [0.1, 0.15) is 5.54 Å². The smallest absolute Gasteiger partial charge is 0.324 e. The van der Waals surface area contributed by atoms with Crippen molar-refractivity contribution in [2.24, 2.45) is 11.8 Å². The van der Waals surface area contributed by atoms with E-state index in [2.05, 4.69) is 25.7 Å². The van der Waals surface area contributed by atoms with E-state index in [0.717, 1.165) is 38.1 Å². The second-order valence-electron chi connectivity index (χ2n) is 6.85. The fourth-order valence-corrected chi connectivity index (χ4v) is 4.34. The predicted molar refractivity (Wildman–Crippen MR) is 77.2 cm³/mol. The van der Waals surface area contributed by atoms with Crippen molar-refractivity contribution in [3.05, 3.63) is 0 Å². The first-order chi connectivity index (χ1) is 9.01. The zero-order chi connectivity index (χ0) is 14.0. The zero-order valence-electron chi connectivity index (χ0n) is 12.7. The molecule has 0 amide bonds. The topological polar surface area (TPSA) is 40.5 Å². The van der Waals surface area contributed by atoms with Crippen molar-refractivity contribution < 1.29 is 9.90 Å². The summed E-state index contributed by atoms with van der Waals surface area (Å²) in [5, 5.41) is 9.81. The number of likely N-dealkylation sites (tertiary alicyclic amines) is 1. The van der Waals surface area contributed by atoms with Crippen LogP contribution in [0.5, 0.6) is 0 Å². The van der Waals surface area contributed by atoms with Gasteiger partial charge in [0, 0.05) is 6.04 Å². The summed E-state index contributed by atoms with van der Waals surface area (Å²) >= 11 is 0. The average molecular weight is 267 g/mol. The molecule has 1 heterocycles. The molecule has 3 heteroatoms. The van der Waals surface area contributed by atoms with Crippen LogP contribution in [0.3, 0.4) is 0 Å². The maximum absolute atomic E-state index is 11.9. The van der Waals surface area contributed by atoms with Gasteiger partial charge in [-0.05, 0) is 50.5 Å². The summed E-state index contributed by atoms with van der Waals surface area (Å²) in [4.78, 5) is 14.3. The van der Waals surface area contributed by atoms with E-state index < -0.39 is 11.5 Å². The van der Waals surface area contributed by atoms with Gasteiger partial charge in [-0.25, -0.2) is 0 Å². The lowest BCUT2D eigenvalue weighted by Gasteiger charge is -2.46. The Morgan fingerprint density at radius 3 is 2.74 bits per heavy atom. The standard InChI is InChI=1S/C16H29NO2/c1-4-8-16(15(18)19)9-5-10-17(16)14-11-12(2)6-7-13(14)3/h12-14H,4-11H2,1-3H3,(H,18,19). The summed E-state index contributed by atoms with van der Waals surface area (Å²) in [6, 6.07) is 0.480. The highest BCUT2D eigenvalue weighted by molar-refractivity contribution is 5.79. The van der Waals surface area contributed by atoms with Gasteiger partial charge in [0.2, 0.25) is 0 Å². The van der Waals surface area contributed by atoms with Gasteiger partial charge in [0.15, 0.2) is 0 Å². The molecule has 0 spiro atoms. The first-order valence-electron chi connectivity index (χ1n) is 8.01. The van der Waals surface area contributed by atoms with E-state index in [-0.39, 0.29) is 0 Å². The van der Waals surface area contributed by atoms with Gasteiger partial charge in [-0.3, -0.25) is 9.69 Å². The summed E-state index contributed by atoms with van der Waals surface area (Å²) in [5.41, 5.74) is -0.565. The fraction of sp³-hybridized carbons (Fsp3) is 0.938. The van der Waals surface area contributed by atoms with Crippen molar-refractivity contribution in [2.75, 3.05) is 6.54 Å². The molecular formula is C16H29NO2. The fourth-order valence-electron chi connectivity index (χ4n) is 4.34. The molecule has 4 unspecified atom stereocenters. The van der Waals surface area contributed by atoms with Gasteiger partial charge in [-0.15, -0.1) is 0 Å². The Labute approximate surface area is 117 Å². The predicted octanol–water partition coefficient (Wildman–Crippen LogP) is 3.53. The normalized spacial score (nSPS) is 40.5. The molecule has 0 radical (unpaired) electrons. The van der Waals surface area contributed by atoms with Crippen LogP contribution in [0.25, 0.3) is 0 Å². The summed E-state index contributed by atoms with van der Waals surface area (Å²) in [6.07, 6.45) is 7.39. The van der Waals surface area contributed by atoms with Crippen LogP contribution in [0.15, 0.2) is 0 Å². The van der Waals surface area contributed by atoms with Gasteiger partial charge in [0.25, 0.3) is 0 Å². The summed E-state index contributed by atoms with van der Waals surface area (Å²) in [5.74, 6) is 0.803. The monoisotopic (exact) mass is 267 g/mol.